The average Bonchev–Trinajstić information content (AvgIpc) is 2.19. The minimum absolute atomic E-state index is 0.0369. The summed E-state index contributed by atoms with van der Waals surface area (Å²) in [4.78, 5) is 14.4. The maximum absolute atomic E-state index is 10.7. The lowest BCUT2D eigenvalue weighted by molar-refractivity contribution is -0.384. The maximum Gasteiger partial charge on any atom is 0.270 e. The predicted molar refractivity (Wildman–Crippen MR) is 58.1 cm³/mol. The van der Waals surface area contributed by atoms with Gasteiger partial charge in [0.2, 0.25) is 0 Å². The zero-order chi connectivity index (χ0) is 11.0. The smallest absolute Gasteiger partial charge is 0.258 e. The molecule has 0 fully saturated rings. The third-order valence-corrected chi connectivity index (χ3v) is 2.51. The number of fused-ring (bicyclic) bond motifs is 1. The number of benzene rings is 1. The molecule has 2 rings (SSSR count). The molecule has 0 bridgehead atoms. The number of nitro benzene ring substituents is 1. The molecule has 0 amide bonds. The third kappa shape index (κ3) is 1.64. The summed E-state index contributed by atoms with van der Waals surface area (Å²) < 4.78 is 0. The van der Waals surface area contributed by atoms with Crippen LogP contribution < -0.4 is 0 Å². The maximum atomic E-state index is 10.7. The highest BCUT2D eigenvalue weighted by atomic mass is 35.5. The quantitative estimate of drug-likeness (QED) is 0.550. The Morgan fingerprint density at radius 3 is 2.87 bits per heavy atom. The van der Waals surface area contributed by atoms with Crippen LogP contribution in [0.2, 0.25) is 5.02 Å². The van der Waals surface area contributed by atoms with Gasteiger partial charge in [-0.2, -0.15) is 0 Å². The van der Waals surface area contributed by atoms with Crippen molar-refractivity contribution < 1.29 is 4.92 Å². The first-order chi connectivity index (χ1) is 7.09. The SMILES string of the molecule is Cc1cc([N+](=O)[O-])cc2c(Cl)ccnc12. The van der Waals surface area contributed by atoms with E-state index in [0.29, 0.717) is 15.9 Å². The predicted octanol–water partition coefficient (Wildman–Crippen LogP) is 3.10. The van der Waals surface area contributed by atoms with Crippen molar-refractivity contribution in [3.05, 3.63) is 45.1 Å². The molecule has 0 spiro atoms. The summed E-state index contributed by atoms with van der Waals surface area (Å²) in [6.45, 7) is 1.78. The minimum Gasteiger partial charge on any atom is -0.258 e. The van der Waals surface area contributed by atoms with E-state index in [2.05, 4.69) is 4.98 Å². The molecule has 1 heterocycles. The van der Waals surface area contributed by atoms with E-state index in [0.717, 1.165) is 5.56 Å². The van der Waals surface area contributed by atoms with Gasteiger partial charge in [-0.15, -0.1) is 0 Å². The van der Waals surface area contributed by atoms with E-state index >= 15 is 0 Å². The lowest BCUT2D eigenvalue weighted by atomic mass is 10.1. The number of hydrogen-bond donors (Lipinski definition) is 0. The summed E-state index contributed by atoms with van der Waals surface area (Å²) in [6, 6.07) is 4.55. The lowest BCUT2D eigenvalue weighted by Crippen LogP contribution is -1.91. The molecule has 15 heavy (non-hydrogen) atoms. The third-order valence-electron chi connectivity index (χ3n) is 2.18. The first-order valence-corrected chi connectivity index (χ1v) is 4.66. The molecular weight excluding hydrogens is 216 g/mol. The topological polar surface area (TPSA) is 56.0 Å². The van der Waals surface area contributed by atoms with Crippen LogP contribution >= 0.6 is 11.6 Å². The van der Waals surface area contributed by atoms with Crippen LogP contribution in [0.4, 0.5) is 5.69 Å². The van der Waals surface area contributed by atoms with Gasteiger partial charge in [-0.3, -0.25) is 15.1 Å². The van der Waals surface area contributed by atoms with Crippen molar-refractivity contribution in [3.63, 3.8) is 0 Å². The number of aryl methyl sites for hydroxylation is 1. The summed E-state index contributed by atoms with van der Waals surface area (Å²) in [7, 11) is 0. The van der Waals surface area contributed by atoms with E-state index in [1.165, 1.54) is 12.1 Å². The molecule has 5 heteroatoms. The van der Waals surface area contributed by atoms with Crippen LogP contribution in [0.5, 0.6) is 0 Å². The Hall–Kier alpha value is -1.68. The van der Waals surface area contributed by atoms with Gasteiger partial charge in [-0.25, -0.2) is 0 Å². The second-order valence-corrected chi connectivity index (χ2v) is 3.62. The van der Waals surface area contributed by atoms with Gasteiger partial charge in [0.15, 0.2) is 0 Å². The number of hydrogen-bond acceptors (Lipinski definition) is 3. The summed E-state index contributed by atoms with van der Waals surface area (Å²) in [5.41, 5.74) is 1.49. The van der Waals surface area contributed by atoms with E-state index in [-0.39, 0.29) is 5.69 Å². The van der Waals surface area contributed by atoms with Crippen molar-refractivity contribution in [1.29, 1.82) is 0 Å². The molecule has 0 radical (unpaired) electrons. The second kappa shape index (κ2) is 3.47. The average molecular weight is 223 g/mol. The number of non-ortho nitro benzene ring substituents is 1. The van der Waals surface area contributed by atoms with Gasteiger partial charge < -0.3 is 0 Å². The van der Waals surface area contributed by atoms with Crippen molar-refractivity contribution in [3.8, 4) is 0 Å². The highest BCUT2D eigenvalue weighted by Gasteiger charge is 2.11. The van der Waals surface area contributed by atoms with Crippen molar-refractivity contribution >= 4 is 28.2 Å². The summed E-state index contributed by atoms with van der Waals surface area (Å²) in [5, 5.41) is 11.7. The Labute approximate surface area is 90.7 Å². The van der Waals surface area contributed by atoms with Gasteiger partial charge in [0.25, 0.3) is 5.69 Å². The van der Waals surface area contributed by atoms with E-state index in [4.69, 9.17) is 11.6 Å². The fourth-order valence-corrected chi connectivity index (χ4v) is 1.69. The molecule has 1 aromatic carbocycles. The van der Waals surface area contributed by atoms with Crippen LogP contribution in [-0.2, 0) is 0 Å². The first kappa shape index (κ1) is 9.86. The van der Waals surface area contributed by atoms with Crippen molar-refractivity contribution in [2.75, 3.05) is 0 Å². The van der Waals surface area contributed by atoms with Crippen LogP contribution in [-0.4, -0.2) is 9.91 Å². The molecule has 0 unspecified atom stereocenters. The minimum atomic E-state index is -0.435. The van der Waals surface area contributed by atoms with Gasteiger partial charge in [-0.05, 0) is 18.6 Å². The summed E-state index contributed by atoms with van der Waals surface area (Å²) in [5.74, 6) is 0. The molecule has 1 aromatic heterocycles. The first-order valence-electron chi connectivity index (χ1n) is 4.29. The number of pyridine rings is 1. The summed E-state index contributed by atoms with van der Waals surface area (Å²) in [6.07, 6.45) is 1.59. The number of rotatable bonds is 1. The van der Waals surface area contributed by atoms with E-state index in [9.17, 15) is 10.1 Å². The van der Waals surface area contributed by atoms with Crippen LogP contribution in [0, 0.1) is 17.0 Å². The highest BCUT2D eigenvalue weighted by Crippen LogP contribution is 2.28. The fraction of sp³-hybridized carbons (Fsp3) is 0.100. The zero-order valence-electron chi connectivity index (χ0n) is 7.90. The zero-order valence-corrected chi connectivity index (χ0v) is 8.65. The Morgan fingerprint density at radius 2 is 2.20 bits per heavy atom. The Kier molecular flexibility index (Phi) is 2.28. The fourth-order valence-electron chi connectivity index (χ4n) is 1.49. The van der Waals surface area contributed by atoms with E-state index in [1.54, 1.807) is 19.2 Å². The molecule has 2 aromatic rings. The van der Waals surface area contributed by atoms with Crippen LogP contribution in [0.3, 0.4) is 0 Å². The standard InChI is InChI=1S/C10H7ClN2O2/c1-6-4-7(13(14)15)5-8-9(11)2-3-12-10(6)8/h2-5H,1H3. The molecule has 0 saturated heterocycles. The van der Waals surface area contributed by atoms with E-state index in [1.807, 2.05) is 0 Å². The summed E-state index contributed by atoms with van der Waals surface area (Å²) >= 11 is 5.94. The molecular formula is C10H7ClN2O2. The molecule has 76 valence electrons. The van der Waals surface area contributed by atoms with Gasteiger partial charge in [-0.1, -0.05) is 11.6 Å². The Bertz CT molecular complexity index is 554. The second-order valence-electron chi connectivity index (χ2n) is 3.21. The molecule has 0 aliphatic heterocycles. The Morgan fingerprint density at radius 1 is 1.47 bits per heavy atom. The monoisotopic (exact) mass is 222 g/mol. The van der Waals surface area contributed by atoms with Crippen molar-refractivity contribution in [2.45, 2.75) is 6.92 Å². The lowest BCUT2D eigenvalue weighted by Gasteiger charge is -2.02. The normalized spacial score (nSPS) is 10.5. The van der Waals surface area contributed by atoms with Gasteiger partial charge in [0.1, 0.15) is 0 Å². The number of aromatic nitrogens is 1. The number of nitrogens with zero attached hydrogens (tertiary/aromatic N) is 2. The van der Waals surface area contributed by atoms with E-state index < -0.39 is 4.92 Å². The van der Waals surface area contributed by atoms with Crippen LogP contribution in [0.15, 0.2) is 24.4 Å². The Balaban J connectivity index is 2.85. The molecule has 0 aliphatic carbocycles. The number of nitro groups is 1. The van der Waals surface area contributed by atoms with Gasteiger partial charge in [0, 0.05) is 23.7 Å². The highest BCUT2D eigenvalue weighted by molar-refractivity contribution is 6.35. The largest absolute Gasteiger partial charge is 0.270 e. The molecule has 0 N–H and O–H groups in total. The van der Waals surface area contributed by atoms with Gasteiger partial charge in [0.05, 0.1) is 15.5 Å². The molecule has 0 aliphatic rings. The van der Waals surface area contributed by atoms with Crippen LogP contribution in [0.1, 0.15) is 5.56 Å². The van der Waals surface area contributed by atoms with Gasteiger partial charge >= 0.3 is 0 Å². The molecule has 4 nitrogen and oxygen atoms in total. The molecule has 0 saturated carbocycles. The number of halogens is 1. The van der Waals surface area contributed by atoms with Crippen molar-refractivity contribution in [1.82, 2.24) is 4.98 Å². The molecule has 0 atom stereocenters. The van der Waals surface area contributed by atoms with Crippen molar-refractivity contribution in [2.24, 2.45) is 0 Å². The van der Waals surface area contributed by atoms with Crippen LogP contribution in [0.25, 0.3) is 10.9 Å².